The third-order valence-corrected chi connectivity index (χ3v) is 3.80. The zero-order valence-electron chi connectivity index (χ0n) is 10.3. The van der Waals surface area contributed by atoms with E-state index in [-0.39, 0.29) is 17.9 Å². The first-order valence-electron chi connectivity index (χ1n) is 5.91. The minimum Gasteiger partial charge on any atom is -0.354 e. The Balaban J connectivity index is 2.24. The quantitative estimate of drug-likeness (QED) is 0.726. The van der Waals surface area contributed by atoms with Gasteiger partial charge in [-0.1, -0.05) is 34.1 Å². The fourth-order valence-corrected chi connectivity index (χ4v) is 1.78. The Morgan fingerprint density at radius 2 is 2.13 bits per heavy atom. The van der Waals surface area contributed by atoms with Crippen molar-refractivity contribution in [2.24, 2.45) is 23.0 Å². The number of hydrogen-bond donors (Lipinski definition) is 2. The number of carbonyl (C=O) groups excluding carboxylic acids is 1. The Morgan fingerprint density at radius 1 is 1.60 bits per heavy atom. The molecule has 3 heteroatoms. The van der Waals surface area contributed by atoms with Gasteiger partial charge in [0.2, 0.25) is 5.91 Å². The lowest BCUT2D eigenvalue weighted by Crippen LogP contribution is -2.45. The third-order valence-electron chi connectivity index (χ3n) is 3.80. The molecule has 0 aromatic heterocycles. The molecule has 3 N–H and O–H groups in total. The fourth-order valence-electron chi connectivity index (χ4n) is 1.78. The summed E-state index contributed by atoms with van der Waals surface area (Å²) in [6.07, 6.45) is 2.16. The molecule has 1 aliphatic carbocycles. The van der Waals surface area contributed by atoms with Gasteiger partial charge in [-0.3, -0.25) is 4.79 Å². The molecule has 88 valence electrons. The van der Waals surface area contributed by atoms with Crippen molar-refractivity contribution in [3.63, 3.8) is 0 Å². The maximum absolute atomic E-state index is 11.7. The molecular weight excluding hydrogens is 188 g/mol. The number of carbonyl (C=O) groups is 1. The number of amides is 1. The summed E-state index contributed by atoms with van der Waals surface area (Å²) >= 11 is 0. The monoisotopic (exact) mass is 212 g/mol. The van der Waals surface area contributed by atoms with Crippen molar-refractivity contribution in [3.8, 4) is 0 Å². The van der Waals surface area contributed by atoms with Crippen molar-refractivity contribution in [1.29, 1.82) is 0 Å². The van der Waals surface area contributed by atoms with Crippen molar-refractivity contribution < 1.29 is 4.79 Å². The summed E-state index contributed by atoms with van der Waals surface area (Å²) in [5, 5.41) is 2.95. The average molecular weight is 212 g/mol. The Morgan fingerprint density at radius 3 is 2.53 bits per heavy atom. The average Bonchev–Trinajstić information content (AvgIpc) is 2.80. The smallest absolute Gasteiger partial charge is 0.237 e. The van der Waals surface area contributed by atoms with Gasteiger partial charge in [0.05, 0.1) is 6.04 Å². The van der Waals surface area contributed by atoms with Crippen molar-refractivity contribution >= 4 is 5.91 Å². The lowest BCUT2D eigenvalue weighted by atomic mass is 9.99. The molecule has 0 spiro atoms. The van der Waals surface area contributed by atoms with Gasteiger partial charge >= 0.3 is 0 Å². The summed E-state index contributed by atoms with van der Waals surface area (Å²) in [5.41, 5.74) is 6.26. The SMILES string of the molecule is CCC(C)C(N)C(=O)NCC1CC1(C)C. The second-order valence-electron chi connectivity index (χ2n) is 5.55. The van der Waals surface area contributed by atoms with E-state index in [1.165, 1.54) is 6.42 Å². The molecule has 0 bridgehead atoms. The summed E-state index contributed by atoms with van der Waals surface area (Å²) < 4.78 is 0. The van der Waals surface area contributed by atoms with E-state index in [0.29, 0.717) is 11.3 Å². The highest BCUT2D eigenvalue weighted by molar-refractivity contribution is 5.81. The second kappa shape index (κ2) is 4.52. The van der Waals surface area contributed by atoms with Crippen LogP contribution in [0.15, 0.2) is 0 Å². The summed E-state index contributed by atoms with van der Waals surface area (Å²) in [6, 6.07) is -0.350. The predicted octanol–water partition coefficient (Wildman–Crippen LogP) is 1.52. The van der Waals surface area contributed by atoms with Crippen molar-refractivity contribution in [1.82, 2.24) is 5.32 Å². The van der Waals surface area contributed by atoms with Crippen LogP contribution in [0.1, 0.15) is 40.5 Å². The summed E-state index contributed by atoms with van der Waals surface area (Å²) in [6.45, 7) is 9.33. The van der Waals surface area contributed by atoms with Crippen LogP contribution in [0.25, 0.3) is 0 Å². The van der Waals surface area contributed by atoms with Crippen LogP contribution in [0, 0.1) is 17.3 Å². The lowest BCUT2D eigenvalue weighted by Gasteiger charge is -2.17. The maximum atomic E-state index is 11.7. The lowest BCUT2D eigenvalue weighted by molar-refractivity contribution is -0.123. The van der Waals surface area contributed by atoms with Crippen LogP contribution >= 0.6 is 0 Å². The van der Waals surface area contributed by atoms with Gasteiger partial charge in [0.25, 0.3) is 0 Å². The van der Waals surface area contributed by atoms with Gasteiger partial charge in [-0.15, -0.1) is 0 Å². The molecule has 3 atom stereocenters. The topological polar surface area (TPSA) is 55.1 Å². The molecular formula is C12H24N2O. The van der Waals surface area contributed by atoms with Crippen molar-refractivity contribution in [2.75, 3.05) is 6.54 Å². The van der Waals surface area contributed by atoms with Crippen LogP contribution in [0.4, 0.5) is 0 Å². The molecule has 0 heterocycles. The van der Waals surface area contributed by atoms with Crippen molar-refractivity contribution in [2.45, 2.75) is 46.6 Å². The molecule has 0 saturated heterocycles. The first-order chi connectivity index (χ1) is 6.88. The second-order valence-corrected chi connectivity index (χ2v) is 5.55. The van der Waals surface area contributed by atoms with Gasteiger partial charge in [0, 0.05) is 6.54 Å². The minimum atomic E-state index is -0.350. The van der Waals surface area contributed by atoms with Crippen LogP contribution in [0.2, 0.25) is 0 Å². The zero-order valence-corrected chi connectivity index (χ0v) is 10.3. The summed E-state index contributed by atoms with van der Waals surface area (Å²) in [5.74, 6) is 0.912. The normalized spacial score (nSPS) is 26.9. The first-order valence-corrected chi connectivity index (χ1v) is 5.91. The van der Waals surface area contributed by atoms with Gasteiger partial charge in [-0.25, -0.2) is 0 Å². The molecule has 1 aliphatic rings. The van der Waals surface area contributed by atoms with Crippen LogP contribution in [0.5, 0.6) is 0 Å². The Labute approximate surface area is 92.8 Å². The van der Waals surface area contributed by atoms with Crippen LogP contribution < -0.4 is 11.1 Å². The van der Waals surface area contributed by atoms with Gasteiger partial charge in [0.1, 0.15) is 0 Å². The standard InChI is InChI=1S/C12H24N2O/c1-5-8(2)10(13)11(15)14-7-9-6-12(9,3)4/h8-10H,5-7,13H2,1-4H3,(H,14,15). The molecule has 1 saturated carbocycles. The highest BCUT2D eigenvalue weighted by Crippen LogP contribution is 2.50. The van der Waals surface area contributed by atoms with E-state index in [1.54, 1.807) is 0 Å². The molecule has 0 aromatic rings. The largest absolute Gasteiger partial charge is 0.354 e. The molecule has 1 fully saturated rings. The molecule has 3 nitrogen and oxygen atoms in total. The van der Waals surface area contributed by atoms with E-state index in [9.17, 15) is 4.79 Å². The maximum Gasteiger partial charge on any atom is 0.237 e. The molecule has 3 unspecified atom stereocenters. The summed E-state index contributed by atoms with van der Waals surface area (Å²) in [4.78, 5) is 11.7. The van der Waals surface area contributed by atoms with Crippen molar-refractivity contribution in [3.05, 3.63) is 0 Å². The zero-order chi connectivity index (χ0) is 11.6. The van der Waals surface area contributed by atoms with E-state index in [4.69, 9.17) is 5.73 Å². The number of hydrogen-bond acceptors (Lipinski definition) is 2. The molecule has 15 heavy (non-hydrogen) atoms. The predicted molar refractivity (Wildman–Crippen MR) is 62.3 cm³/mol. The van der Waals surface area contributed by atoms with Crippen LogP contribution in [-0.2, 0) is 4.79 Å². The molecule has 1 rings (SSSR count). The summed E-state index contributed by atoms with van der Waals surface area (Å²) in [7, 11) is 0. The van der Waals surface area contributed by atoms with E-state index in [2.05, 4.69) is 26.1 Å². The Bertz CT molecular complexity index is 238. The Kier molecular flexibility index (Phi) is 3.77. The van der Waals surface area contributed by atoms with E-state index in [1.807, 2.05) is 6.92 Å². The Hall–Kier alpha value is -0.570. The fraction of sp³-hybridized carbons (Fsp3) is 0.917. The first kappa shape index (κ1) is 12.5. The highest BCUT2D eigenvalue weighted by atomic mass is 16.2. The van der Waals surface area contributed by atoms with Gasteiger partial charge in [-0.2, -0.15) is 0 Å². The molecule has 1 amide bonds. The van der Waals surface area contributed by atoms with Gasteiger partial charge in [0.15, 0.2) is 0 Å². The van der Waals surface area contributed by atoms with Crippen LogP contribution in [-0.4, -0.2) is 18.5 Å². The van der Waals surface area contributed by atoms with Gasteiger partial charge < -0.3 is 11.1 Å². The molecule has 0 radical (unpaired) electrons. The molecule has 0 aliphatic heterocycles. The number of rotatable bonds is 5. The number of nitrogens with one attached hydrogen (secondary N) is 1. The van der Waals surface area contributed by atoms with E-state index < -0.39 is 0 Å². The van der Waals surface area contributed by atoms with E-state index >= 15 is 0 Å². The van der Waals surface area contributed by atoms with Gasteiger partial charge in [-0.05, 0) is 23.7 Å². The highest BCUT2D eigenvalue weighted by Gasteiger charge is 2.45. The van der Waals surface area contributed by atoms with E-state index in [0.717, 1.165) is 13.0 Å². The third kappa shape index (κ3) is 3.20. The molecule has 0 aromatic carbocycles. The number of nitrogens with two attached hydrogens (primary N) is 1. The minimum absolute atomic E-state index is 0.00653. The van der Waals surface area contributed by atoms with Crippen LogP contribution in [0.3, 0.4) is 0 Å².